The van der Waals surface area contributed by atoms with Crippen LogP contribution in [0.4, 0.5) is 0 Å². The molecule has 8 atom stereocenters. The molecule has 1 saturated heterocycles. The third-order valence-electron chi connectivity index (χ3n) is 11.0. The molecule has 13 nitrogen and oxygen atoms in total. The van der Waals surface area contributed by atoms with E-state index in [4.69, 9.17) is 14.0 Å². The summed E-state index contributed by atoms with van der Waals surface area (Å²) in [6.07, 6.45) is 31.1. The first-order valence-electron chi connectivity index (χ1n) is 23.5. The summed E-state index contributed by atoms with van der Waals surface area (Å²) in [5, 5.41) is 55.0. The predicted octanol–water partition coefficient (Wildman–Crippen LogP) is 8.08. The summed E-state index contributed by atoms with van der Waals surface area (Å²) in [6.45, 7) is 3.15. The zero-order chi connectivity index (χ0) is 44.3. The highest BCUT2D eigenvalue weighted by molar-refractivity contribution is 7.80. The molecule has 0 aromatic heterocycles. The van der Waals surface area contributed by atoms with Crippen LogP contribution in [-0.2, 0) is 28.9 Å². The van der Waals surface area contributed by atoms with Gasteiger partial charge in [-0.1, -0.05) is 166 Å². The van der Waals surface area contributed by atoms with Gasteiger partial charge in [0.25, 0.3) is 0 Å². The fraction of sp³-hybridized carbons (Fsp3) is 0.848. The van der Waals surface area contributed by atoms with Crippen LogP contribution in [-0.4, -0.2) is 107 Å². The number of hydrogen-bond donors (Lipinski definition) is 7. The fourth-order valence-corrected chi connectivity index (χ4v) is 7.74. The van der Waals surface area contributed by atoms with E-state index in [1.54, 1.807) is 6.08 Å². The molecule has 60 heavy (non-hydrogen) atoms. The minimum Gasteiger partial charge on any atom is -0.394 e. The molecular weight excluding hydrogens is 791 g/mol. The van der Waals surface area contributed by atoms with Crippen molar-refractivity contribution in [1.29, 1.82) is 0 Å². The summed E-state index contributed by atoms with van der Waals surface area (Å²) in [7, 11) is -5.12. The fourth-order valence-electron chi connectivity index (χ4n) is 7.24. The molecule has 1 heterocycles. The van der Waals surface area contributed by atoms with Crippen LogP contribution >= 0.6 is 0 Å². The Kier molecular flexibility index (Phi) is 34.5. The van der Waals surface area contributed by atoms with Gasteiger partial charge in [0.05, 0.1) is 25.4 Å². The molecule has 0 saturated carbocycles. The smallest absolute Gasteiger partial charge is 0.394 e. The minimum atomic E-state index is -5.12. The number of hydrogen-bond acceptors (Lipinski definition) is 11. The Morgan fingerprint density at radius 3 is 1.62 bits per heavy atom. The maximum absolute atomic E-state index is 13.1. The van der Waals surface area contributed by atoms with Crippen molar-refractivity contribution in [3.8, 4) is 0 Å². The Balaban J connectivity index is 2.50. The van der Waals surface area contributed by atoms with Crippen LogP contribution in [0.3, 0.4) is 0 Å². The lowest BCUT2D eigenvalue weighted by Gasteiger charge is -2.41. The van der Waals surface area contributed by atoms with E-state index < -0.39 is 78.5 Å². The average Bonchev–Trinajstić information content (AvgIpc) is 3.22. The zero-order valence-corrected chi connectivity index (χ0v) is 37.9. The van der Waals surface area contributed by atoms with Gasteiger partial charge in [-0.2, -0.15) is 8.42 Å². The van der Waals surface area contributed by atoms with Gasteiger partial charge in [0, 0.05) is 0 Å². The van der Waals surface area contributed by atoms with E-state index in [9.17, 15) is 38.7 Å². The van der Waals surface area contributed by atoms with Gasteiger partial charge in [-0.3, -0.25) is 9.35 Å². The van der Waals surface area contributed by atoms with Crippen molar-refractivity contribution in [1.82, 2.24) is 5.32 Å². The van der Waals surface area contributed by atoms with Crippen LogP contribution in [0.15, 0.2) is 36.5 Å². The minimum absolute atomic E-state index is 0.229. The molecule has 1 aliphatic heterocycles. The molecule has 0 bridgehead atoms. The van der Waals surface area contributed by atoms with Gasteiger partial charge >= 0.3 is 10.4 Å². The lowest BCUT2D eigenvalue weighted by Crippen LogP contribution is -2.61. The van der Waals surface area contributed by atoms with Crippen LogP contribution in [0.5, 0.6) is 0 Å². The second-order valence-electron chi connectivity index (χ2n) is 16.5. The topological polar surface area (TPSA) is 212 Å². The lowest BCUT2D eigenvalue weighted by molar-refractivity contribution is -0.298. The molecule has 0 radical (unpaired) electrons. The van der Waals surface area contributed by atoms with E-state index in [-0.39, 0.29) is 6.42 Å². The van der Waals surface area contributed by atoms with Crippen molar-refractivity contribution in [2.24, 2.45) is 0 Å². The van der Waals surface area contributed by atoms with Crippen molar-refractivity contribution in [3.63, 3.8) is 0 Å². The Morgan fingerprint density at radius 1 is 0.667 bits per heavy atom. The summed E-state index contributed by atoms with van der Waals surface area (Å²) in [5.74, 6) is -0.719. The van der Waals surface area contributed by atoms with Crippen LogP contribution in [0.1, 0.15) is 187 Å². The molecule has 1 aliphatic rings. The van der Waals surface area contributed by atoms with Gasteiger partial charge in [-0.25, -0.2) is 4.18 Å². The number of aliphatic hydroxyl groups is 5. The van der Waals surface area contributed by atoms with Gasteiger partial charge in [0.15, 0.2) is 6.29 Å². The standard InChI is InChI=1S/C46H85NO12S/c1-3-5-7-9-11-13-15-16-17-18-19-20-21-22-23-24-25-27-29-31-33-35-40(50)45(53)47-38(39(49)34-32-30-28-26-14-12-10-8-6-4-2)37-57-46-43(52)44(59-60(54,55)56)42(51)41(36-48)58-46/h14,21-22,26,32,34,38-44,46,48-52H,3-13,15-20,23-25,27-31,33,35-37H2,1-2H3,(H,47,53)(H,54,55,56)/b22-21-,26-14+,34-32+. The van der Waals surface area contributed by atoms with Crippen molar-refractivity contribution in [2.75, 3.05) is 13.2 Å². The van der Waals surface area contributed by atoms with Crippen molar-refractivity contribution in [3.05, 3.63) is 36.5 Å². The predicted molar refractivity (Wildman–Crippen MR) is 238 cm³/mol. The Hall–Kier alpha value is -1.72. The highest BCUT2D eigenvalue weighted by Crippen LogP contribution is 2.26. The van der Waals surface area contributed by atoms with E-state index in [2.05, 4.69) is 47.7 Å². The SMILES string of the molecule is CCCCCC/C=C/CC/C=C/C(O)C(COC1OC(CO)C(O)C(OS(=O)(=O)O)C1O)NC(=O)C(O)CCCCCCCC/C=C\CCCCCCCCCCCCC. The zero-order valence-electron chi connectivity index (χ0n) is 37.1. The molecule has 14 heteroatoms. The first kappa shape index (κ1) is 56.3. The average molecular weight is 876 g/mol. The lowest BCUT2D eigenvalue weighted by atomic mass is 9.99. The van der Waals surface area contributed by atoms with Gasteiger partial charge < -0.3 is 40.3 Å². The van der Waals surface area contributed by atoms with Gasteiger partial charge in [0.2, 0.25) is 5.91 Å². The Labute approximate surface area is 363 Å². The maximum atomic E-state index is 13.1. The van der Waals surface area contributed by atoms with Crippen LogP contribution in [0.2, 0.25) is 0 Å². The molecule has 7 N–H and O–H groups in total. The number of allylic oxidation sites excluding steroid dienone is 5. The highest BCUT2D eigenvalue weighted by atomic mass is 32.3. The number of rotatable bonds is 39. The Morgan fingerprint density at radius 2 is 1.12 bits per heavy atom. The summed E-state index contributed by atoms with van der Waals surface area (Å²) in [4.78, 5) is 13.1. The molecule has 8 unspecified atom stereocenters. The first-order chi connectivity index (χ1) is 28.9. The van der Waals surface area contributed by atoms with E-state index in [0.717, 1.165) is 64.2 Å². The summed E-state index contributed by atoms with van der Waals surface area (Å²) in [6, 6.07) is -1.14. The number of nitrogens with one attached hydrogen (secondary N) is 1. The monoisotopic (exact) mass is 876 g/mol. The highest BCUT2D eigenvalue weighted by Gasteiger charge is 2.48. The normalized spacial score (nSPS) is 21.6. The summed E-state index contributed by atoms with van der Waals surface area (Å²) >= 11 is 0. The van der Waals surface area contributed by atoms with Gasteiger partial charge in [-0.15, -0.1) is 0 Å². The third kappa shape index (κ3) is 28.8. The summed E-state index contributed by atoms with van der Waals surface area (Å²) in [5.41, 5.74) is 0. The quantitative estimate of drug-likeness (QED) is 0.0178. The molecule has 0 spiro atoms. The number of amides is 1. The van der Waals surface area contributed by atoms with E-state index in [0.29, 0.717) is 12.8 Å². The van der Waals surface area contributed by atoms with E-state index in [1.807, 2.05) is 0 Å². The van der Waals surface area contributed by atoms with E-state index in [1.165, 1.54) is 96.0 Å². The van der Waals surface area contributed by atoms with E-state index >= 15 is 0 Å². The van der Waals surface area contributed by atoms with Crippen LogP contribution in [0, 0.1) is 0 Å². The van der Waals surface area contributed by atoms with Crippen LogP contribution in [0.25, 0.3) is 0 Å². The molecule has 0 aliphatic carbocycles. The largest absolute Gasteiger partial charge is 0.397 e. The van der Waals surface area contributed by atoms with Crippen molar-refractivity contribution in [2.45, 2.75) is 236 Å². The second kappa shape index (κ2) is 36.7. The van der Waals surface area contributed by atoms with Crippen molar-refractivity contribution >= 4 is 16.3 Å². The first-order valence-corrected chi connectivity index (χ1v) is 24.8. The van der Waals surface area contributed by atoms with Crippen molar-refractivity contribution < 1.29 is 57.0 Å². The van der Waals surface area contributed by atoms with Gasteiger partial charge in [0.1, 0.15) is 30.5 Å². The molecule has 1 amide bonds. The second-order valence-corrected chi connectivity index (χ2v) is 17.5. The number of ether oxygens (including phenoxy) is 2. The Bertz CT molecular complexity index is 1230. The molecule has 352 valence electrons. The number of unbranched alkanes of at least 4 members (excludes halogenated alkanes) is 22. The number of aliphatic hydroxyl groups excluding tert-OH is 5. The summed E-state index contributed by atoms with van der Waals surface area (Å²) < 4.78 is 47.4. The molecule has 1 rings (SSSR count). The van der Waals surface area contributed by atoms with Crippen LogP contribution < -0.4 is 5.32 Å². The maximum Gasteiger partial charge on any atom is 0.397 e. The number of carbonyl (C=O) groups excluding carboxylic acids is 1. The molecule has 1 fully saturated rings. The molecule has 0 aromatic rings. The molecular formula is C46H85NO12S. The number of carbonyl (C=O) groups is 1. The molecule has 0 aromatic carbocycles. The third-order valence-corrected chi connectivity index (χ3v) is 11.5. The van der Waals surface area contributed by atoms with Gasteiger partial charge in [-0.05, 0) is 57.8 Å².